The van der Waals surface area contributed by atoms with Crippen molar-refractivity contribution >= 4 is 24.0 Å². The standard InChI is InChI=1S/C10H10O4.C7H6O5.C7H6O4/c1-14-9-6-7(2-4-8(9)11)3-5-10(12)13;8-4-1-3(7(11)12)2-5(9)6(4)10;8-4-1-2-6(9)5(3-4)7(10)11/h2-6,11H,1H3,(H,12,13);1-2,8-10H,(H,11,12);1-3,8-9H,(H,10,11)/b5-3+;;. The predicted octanol–water partition coefficient (Wildman–Crippen LogP) is 2.80. The third-order valence-corrected chi connectivity index (χ3v) is 4.15. The smallest absolute Gasteiger partial charge is 0.339 e. The lowest BCUT2D eigenvalue weighted by Crippen LogP contribution is -1.95. The van der Waals surface area contributed by atoms with Gasteiger partial charge in [0.05, 0.1) is 12.7 Å². The highest BCUT2D eigenvalue weighted by Gasteiger charge is 2.12. The van der Waals surface area contributed by atoms with E-state index in [2.05, 4.69) is 0 Å². The van der Waals surface area contributed by atoms with Crippen molar-refractivity contribution in [3.8, 4) is 40.2 Å². The van der Waals surface area contributed by atoms with Crippen LogP contribution in [-0.2, 0) is 4.79 Å². The highest BCUT2D eigenvalue weighted by atomic mass is 16.5. The summed E-state index contributed by atoms with van der Waals surface area (Å²) in [5, 5.41) is 78.7. The maximum atomic E-state index is 10.3. The maximum absolute atomic E-state index is 10.3. The fourth-order valence-corrected chi connectivity index (χ4v) is 2.39. The Morgan fingerprint density at radius 3 is 1.73 bits per heavy atom. The normalized spacial score (nSPS) is 9.86. The molecule has 0 aromatic heterocycles. The zero-order chi connectivity index (χ0) is 28.3. The van der Waals surface area contributed by atoms with Crippen molar-refractivity contribution in [2.75, 3.05) is 7.11 Å². The molecule has 37 heavy (non-hydrogen) atoms. The predicted molar refractivity (Wildman–Crippen MR) is 126 cm³/mol. The molecule has 196 valence electrons. The van der Waals surface area contributed by atoms with Crippen molar-refractivity contribution in [3.63, 3.8) is 0 Å². The van der Waals surface area contributed by atoms with E-state index in [9.17, 15) is 19.5 Å². The number of benzene rings is 3. The lowest BCUT2D eigenvalue weighted by molar-refractivity contribution is -0.131. The number of carbonyl (C=O) groups is 3. The van der Waals surface area contributed by atoms with E-state index in [1.807, 2.05) is 0 Å². The van der Waals surface area contributed by atoms with Crippen molar-refractivity contribution in [1.29, 1.82) is 0 Å². The summed E-state index contributed by atoms with van der Waals surface area (Å²) in [5.74, 6) is -5.80. The van der Waals surface area contributed by atoms with E-state index in [1.54, 1.807) is 12.1 Å². The van der Waals surface area contributed by atoms with E-state index in [0.29, 0.717) is 11.3 Å². The molecular formula is C24H22O13. The first-order valence-corrected chi connectivity index (χ1v) is 9.78. The summed E-state index contributed by atoms with van der Waals surface area (Å²) in [6, 6.07) is 9.60. The molecule has 0 fully saturated rings. The number of carboxylic acids is 3. The Balaban J connectivity index is 0.000000280. The third-order valence-electron chi connectivity index (χ3n) is 4.15. The second-order valence-electron chi connectivity index (χ2n) is 6.78. The van der Waals surface area contributed by atoms with Crippen molar-refractivity contribution in [2.24, 2.45) is 0 Å². The Kier molecular flexibility index (Phi) is 10.6. The number of ether oxygens (including phenoxy) is 1. The van der Waals surface area contributed by atoms with Crippen LogP contribution >= 0.6 is 0 Å². The van der Waals surface area contributed by atoms with Crippen LogP contribution in [0.5, 0.6) is 40.2 Å². The molecule has 0 bridgehead atoms. The number of hydrogen-bond donors (Lipinski definition) is 9. The monoisotopic (exact) mass is 518 g/mol. The molecule has 0 radical (unpaired) electrons. The molecular weight excluding hydrogens is 496 g/mol. The van der Waals surface area contributed by atoms with Crippen LogP contribution in [0.4, 0.5) is 0 Å². The summed E-state index contributed by atoms with van der Waals surface area (Å²) < 4.78 is 4.86. The largest absolute Gasteiger partial charge is 0.508 e. The fraction of sp³-hybridized carbons (Fsp3) is 0.0417. The van der Waals surface area contributed by atoms with Crippen molar-refractivity contribution in [1.82, 2.24) is 0 Å². The molecule has 0 spiro atoms. The molecule has 0 heterocycles. The Morgan fingerprint density at radius 2 is 1.27 bits per heavy atom. The first kappa shape index (κ1) is 29.4. The van der Waals surface area contributed by atoms with Crippen LogP contribution in [0.1, 0.15) is 26.3 Å². The van der Waals surface area contributed by atoms with Crippen LogP contribution in [0.15, 0.2) is 54.6 Å². The molecule has 9 N–H and O–H groups in total. The van der Waals surface area contributed by atoms with Gasteiger partial charge in [-0.1, -0.05) is 6.07 Å². The molecule has 0 aliphatic carbocycles. The number of aromatic hydroxyl groups is 6. The summed E-state index contributed by atoms with van der Waals surface area (Å²) in [6.45, 7) is 0. The van der Waals surface area contributed by atoms with Gasteiger partial charge in [0.25, 0.3) is 0 Å². The van der Waals surface area contributed by atoms with Gasteiger partial charge >= 0.3 is 17.9 Å². The van der Waals surface area contributed by atoms with Crippen LogP contribution in [0.2, 0.25) is 0 Å². The second kappa shape index (κ2) is 13.3. The first-order valence-electron chi connectivity index (χ1n) is 9.78. The average Bonchev–Trinajstić information content (AvgIpc) is 2.83. The molecule has 3 aromatic rings. The first-order chi connectivity index (χ1) is 17.3. The van der Waals surface area contributed by atoms with Crippen LogP contribution in [0.25, 0.3) is 6.08 Å². The molecule has 3 aromatic carbocycles. The van der Waals surface area contributed by atoms with Gasteiger partial charge in [-0.05, 0) is 54.1 Å². The Morgan fingerprint density at radius 1 is 0.703 bits per heavy atom. The number of aromatic carboxylic acids is 2. The molecule has 0 saturated carbocycles. The average molecular weight is 518 g/mol. The number of carboxylic acid groups (broad SMARTS) is 3. The number of aliphatic carboxylic acids is 1. The van der Waals surface area contributed by atoms with Crippen molar-refractivity contribution in [3.05, 3.63) is 71.3 Å². The van der Waals surface area contributed by atoms with Crippen LogP contribution < -0.4 is 4.74 Å². The topological polar surface area (TPSA) is 243 Å². The highest BCUT2D eigenvalue weighted by molar-refractivity contribution is 5.91. The fourth-order valence-electron chi connectivity index (χ4n) is 2.39. The minimum Gasteiger partial charge on any atom is -0.508 e. The molecule has 3 rings (SSSR count). The molecule has 0 aliphatic rings. The van der Waals surface area contributed by atoms with Crippen molar-refractivity contribution < 1.29 is 65.1 Å². The van der Waals surface area contributed by atoms with Gasteiger partial charge in [0.1, 0.15) is 17.1 Å². The summed E-state index contributed by atoms with van der Waals surface area (Å²) in [4.78, 5) is 30.8. The van der Waals surface area contributed by atoms with Gasteiger partial charge in [-0.25, -0.2) is 14.4 Å². The molecule has 13 heteroatoms. The Labute approximate surface area is 208 Å². The maximum Gasteiger partial charge on any atom is 0.339 e. The van der Waals surface area contributed by atoms with Crippen molar-refractivity contribution in [2.45, 2.75) is 0 Å². The van der Waals surface area contributed by atoms with Crippen LogP contribution in [0, 0.1) is 0 Å². The summed E-state index contributed by atoms with van der Waals surface area (Å²) in [6.07, 6.45) is 2.44. The summed E-state index contributed by atoms with van der Waals surface area (Å²) in [7, 11) is 1.43. The van der Waals surface area contributed by atoms with Gasteiger partial charge in [-0.3, -0.25) is 0 Å². The van der Waals surface area contributed by atoms with Gasteiger partial charge in [-0.2, -0.15) is 0 Å². The zero-order valence-electron chi connectivity index (χ0n) is 18.9. The van der Waals surface area contributed by atoms with E-state index >= 15 is 0 Å². The van der Waals surface area contributed by atoms with Gasteiger partial charge < -0.3 is 50.7 Å². The molecule has 13 nitrogen and oxygen atoms in total. The molecule has 0 amide bonds. The Bertz CT molecular complexity index is 1290. The van der Waals surface area contributed by atoms with E-state index in [0.717, 1.165) is 30.3 Å². The second-order valence-corrected chi connectivity index (χ2v) is 6.78. The number of methoxy groups -OCH3 is 1. The van der Waals surface area contributed by atoms with Gasteiger partial charge in [0.2, 0.25) is 0 Å². The molecule has 0 unspecified atom stereocenters. The number of rotatable bonds is 5. The summed E-state index contributed by atoms with van der Waals surface area (Å²) >= 11 is 0. The third kappa shape index (κ3) is 9.29. The minimum absolute atomic E-state index is 0.0278. The number of hydrogen-bond acceptors (Lipinski definition) is 10. The SMILES string of the molecule is COc1cc(/C=C/C(=O)O)ccc1O.O=C(O)c1cc(O)c(O)c(O)c1.O=C(O)c1cc(O)ccc1O. The van der Waals surface area contributed by atoms with E-state index in [4.69, 9.17) is 45.6 Å². The van der Waals surface area contributed by atoms with Gasteiger partial charge in [0.15, 0.2) is 28.7 Å². The zero-order valence-corrected chi connectivity index (χ0v) is 18.9. The number of phenols is 6. The lowest BCUT2D eigenvalue weighted by Gasteiger charge is -2.03. The van der Waals surface area contributed by atoms with Gasteiger partial charge in [0, 0.05) is 6.08 Å². The molecule has 0 saturated heterocycles. The van der Waals surface area contributed by atoms with E-state index in [-0.39, 0.29) is 28.4 Å². The van der Waals surface area contributed by atoms with E-state index in [1.165, 1.54) is 25.3 Å². The van der Waals surface area contributed by atoms with Gasteiger partial charge in [-0.15, -0.1) is 0 Å². The quantitative estimate of drug-likeness (QED) is 0.134. The molecule has 0 aliphatic heterocycles. The number of phenolic OH excluding ortho intramolecular Hbond substituents is 5. The van der Waals surface area contributed by atoms with Crippen LogP contribution in [-0.4, -0.2) is 71.0 Å². The summed E-state index contributed by atoms with van der Waals surface area (Å²) in [5.41, 5.74) is 0.0647. The van der Waals surface area contributed by atoms with Crippen LogP contribution in [0.3, 0.4) is 0 Å². The minimum atomic E-state index is -1.29. The van der Waals surface area contributed by atoms with E-state index < -0.39 is 35.2 Å². The lowest BCUT2D eigenvalue weighted by atomic mass is 10.2. The highest BCUT2D eigenvalue weighted by Crippen LogP contribution is 2.35. The Hall–Kier alpha value is -5.59. The molecule has 0 atom stereocenters.